The molecule has 3 N–H and O–H groups in total. The van der Waals surface area contributed by atoms with E-state index in [4.69, 9.17) is 5.11 Å². The second kappa shape index (κ2) is 7.50. The Labute approximate surface area is 121 Å². The molecule has 0 heterocycles. The van der Waals surface area contributed by atoms with Crippen LogP contribution in [-0.2, 0) is 4.79 Å². The van der Waals surface area contributed by atoms with E-state index >= 15 is 0 Å². The van der Waals surface area contributed by atoms with Crippen molar-refractivity contribution >= 4 is 12.0 Å². The Kier molecular flexibility index (Phi) is 6.30. The number of aliphatic carboxylic acids is 1. The van der Waals surface area contributed by atoms with Crippen molar-refractivity contribution in [1.82, 2.24) is 10.6 Å². The molecule has 0 aliphatic heterocycles. The first-order valence-electron chi connectivity index (χ1n) is 7.55. The summed E-state index contributed by atoms with van der Waals surface area (Å²) >= 11 is 0. The van der Waals surface area contributed by atoms with Gasteiger partial charge in [-0.1, -0.05) is 40.0 Å². The number of rotatable bonds is 5. The molecular weight excluding hydrogens is 256 g/mol. The Hall–Kier alpha value is -1.26. The Morgan fingerprint density at radius 2 is 1.80 bits per heavy atom. The molecule has 1 atom stereocenters. The maximum atomic E-state index is 11.9. The molecule has 5 nitrogen and oxygen atoms in total. The Morgan fingerprint density at radius 3 is 2.30 bits per heavy atom. The van der Waals surface area contributed by atoms with Gasteiger partial charge in [0.05, 0.1) is 6.42 Å². The second-order valence-electron chi connectivity index (χ2n) is 6.87. The van der Waals surface area contributed by atoms with Crippen LogP contribution in [0.1, 0.15) is 59.3 Å². The van der Waals surface area contributed by atoms with Gasteiger partial charge in [-0.2, -0.15) is 0 Å². The van der Waals surface area contributed by atoms with Gasteiger partial charge in [0.25, 0.3) is 0 Å². The van der Waals surface area contributed by atoms with Crippen LogP contribution in [0.4, 0.5) is 4.79 Å². The number of carbonyl (C=O) groups excluding carboxylic acids is 1. The molecule has 1 aliphatic carbocycles. The van der Waals surface area contributed by atoms with E-state index in [1.54, 1.807) is 0 Å². The molecule has 1 aliphatic rings. The van der Waals surface area contributed by atoms with E-state index in [2.05, 4.69) is 10.6 Å². The van der Waals surface area contributed by atoms with Crippen molar-refractivity contribution in [2.24, 2.45) is 11.3 Å². The fourth-order valence-corrected chi connectivity index (χ4v) is 2.59. The van der Waals surface area contributed by atoms with E-state index in [1.165, 1.54) is 32.1 Å². The van der Waals surface area contributed by atoms with E-state index in [9.17, 15) is 9.59 Å². The molecule has 0 aromatic heterocycles. The summed E-state index contributed by atoms with van der Waals surface area (Å²) in [6.07, 6.45) is 6.10. The predicted octanol–water partition coefficient (Wildman–Crippen LogP) is 2.76. The van der Waals surface area contributed by atoms with Gasteiger partial charge in [-0.15, -0.1) is 0 Å². The second-order valence-corrected chi connectivity index (χ2v) is 6.87. The fraction of sp³-hybridized carbons (Fsp3) is 0.867. The Bertz CT molecular complexity index is 331. The van der Waals surface area contributed by atoms with Gasteiger partial charge in [-0.25, -0.2) is 4.79 Å². The molecular formula is C15H28N2O3. The summed E-state index contributed by atoms with van der Waals surface area (Å²) < 4.78 is 0. The number of hydrogen-bond acceptors (Lipinski definition) is 2. The van der Waals surface area contributed by atoms with Crippen LogP contribution in [0.5, 0.6) is 0 Å². The third-order valence-corrected chi connectivity index (χ3v) is 4.01. The SMILES string of the molecule is CC(C)(C)C(CC(=O)O)NC(=O)NCC1CCCCC1. The summed E-state index contributed by atoms with van der Waals surface area (Å²) in [5.74, 6) is -0.320. The molecule has 0 radical (unpaired) electrons. The zero-order valence-corrected chi connectivity index (χ0v) is 12.9. The van der Waals surface area contributed by atoms with Crippen molar-refractivity contribution in [3.8, 4) is 0 Å². The van der Waals surface area contributed by atoms with Crippen molar-refractivity contribution in [2.45, 2.75) is 65.3 Å². The molecule has 1 saturated carbocycles. The first kappa shape index (κ1) is 16.8. The van der Waals surface area contributed by atoms with Gasteiger partial charge >= 0.3 is 12.0 Å². The summed E-state index contributed by atoms with van der Waals surface area (Å²) in [6, 6.07) is -0.622. The van der Waals surface area contributed by atoms with Crippen LogP contribution in [0, 0.1) is 11.3 Å². The lowest BCUT2D eigenvalue weighted by Crippen LogP contribution is -2.49. The molecule has 0 aromatic rings. The van der Waals surface area contributed by atoms with Crippen molar-refractivity contribution in [3.05, 3.63) is 0 Å². The highest BCUT2D eigenvalue weighted by atomic mass is 16.4. The summed E-state index contributed by atoms with van der Waals surface area (Å²) in [6.45, 7) is 6.49. The van der Waals surface area contributed by atoms with Gasteiger partial charge in [0.15, 0.2) is 0 Å². The zero-order chi connectivity index (χ0) is 15.2. The molecule has 20 heavy (non-hydrogen) atoms. The van der Waals surface area contributed by atoms with E-state index in [0.717, 1.165) is 0 Å². The van der Waals surface area contributed by atoms with Crippen molar-refractivity contribution in [1.29, 1.82) is 0 Å². The van der Waals surface area contributed by atoms with Crippen LogP contribution >= 0.6 is 0 Å². The Morgan fingerprint density at radius 1 is 1.20 bits per heavy atom. The van der Waals surface area contributed by atoms with Crippen LogP contribution in [-0.4, -0.2) is 29.7 Å². The molecule has 116 valence electrons. The molecule has 0 spiro atoms. The average molecular weight is 284 g/mol. The lowest BCUT2D eigenvalue weighted by atomic mass is 9.85. The highest BCUT2D eigenvalue weighted by molar-refractivity contribution is 5.75. The number of urea groups is 1. The van der Waals surface area contributed by atoms with E-state index in [0.29, 0.717) is 12.5 Å². The monoisotopic (exact) mass is 284 g/mol. The van der Waals surface area contributed by atoms with Crippen molar-refractivity contribution < 1.29 is 14.7 Å². The van der Waals surface area contributed by atoms with Crippen LogP contribution in [0.3, 0.4) is 0 Å². The summed E-state index contributed by atoms with van der Waals surface area (Å²) in [7, 11) is 0. The molecule has 5 heteroatoms. The van der Waals surface area contributed by atoms with Gasteiger partial charge in [-0.3, -0.25) is 4.79 Å². The van der Waals surface area contributed by atoms with Gasteiger partial charge in [0.1, 0.15) is 0 Å². The number of carboxylic acid groups (broad SMARTS) is 1. The zero-order valence-electron chi connectivity index (χ0n) is 12.9. The molecule has 0 bridgehead atoms. The molecule has 2 amide bonds. The Balaban J connectivity index is 2.39. The number of carbonyl (C=O) groups is 2. The molecule has 1 rings (SSSR count). The van der Waals surface area contributed by atoms with Crippen LogP contribution in [0.15, 0.2) is 0 Å². The van der Waals surface area contributed by atoms with Crippen LogP contribution in [0.25, 0.3) is 0 Å². The fourth-order valence-electron chi connectivity index (χ4n) is 2.59. The van der Waals surface area contributed by atoms with E-state index < -0.39 is 5.97 Å². The lowest BCUT2D eigenvalue weighted by Gasteiger charge is -2.30. The highest BCUT2D eigenvalue weighted by Crippen LogP contribution is 2.23. The summed E-state index contributed by atoms with van der Waals surface area (Å²) in [5, 5.41) is 14.6. The van der Waals surface area contributed by atoms with Crippen molar-refractivity contribution in [3.63, 3.8) is 0 Å². The van der Waals surface area contributed by atoms with Gasteiger partial charge in [0, 0.05) is 12.6 Å². The van der Waals surface area contributed by atoms with Gasteiger partial charge in [0.2, 0.25) is 0 Å². The van der Waals surface area contributed by atoms with Gasteiger partial charge < -0.3 is 15.7 Å². The highest BCUT2D eigenvalue weighted by Gasteiger charge is 2.28. The average Bonchev–Trinajstić information content (AvgIpc) is 2.35. The number of hydrogen-bond donors (Lipinski definition) is 3. The molecule has 0 saturated heterocycles. The standard InChI is InChI=1S/C15H28N2O3/c1-15(2,3)12(9-13(18)19)17-14(20)16-10-11-7-5-4-6-8-11/h11-12H,4-10H2,1-3H3,(H,18,19)(H2,16,17,20). The van der Waals surface area contributed by atoms with Crippen LogP contribution < -0.4 is 10.6 Å². The third-order valence-electron chi connectivity index (χ3n) is 4.01. The van der Waals surface area contributed by atoms with Crippen LogP contribution in [0.2, 0.25) is 0 Å². The predicted molar refractivity (Wildman–Crippen MR) is 78.6 cm³/mol. The lowest BCUT2D eigenvalue weighted by molar-refractivity contribution is -0.138. The maximum Gasteiger partial charge on any atom is 0.315 e. The first-order valence-corrected chi connectivity index (χ1v) is 7.55. The third kappa shape index (κ3) is 6.26. The first-order chi connectivity index (χ1) is 9.29. The minimum atomic E-state index is -0.891. The quantitative estimate of drug-likeness (QED) is 0.726. The molecule has 1 unspecified atom stereocenters. The number of carboxylic acids is 1. The van der Waals surface area contributed by atoms with E-state index in [-0.39, 0.29) is 23.9 Å². The van der Waals surface area contributed by atoms with Crippen molar-refractivity contribution in [2.75, 3.05) is 6.54 Å². The smallest absolute Gasteiger partial charge is 0.315 e. The normalized spacial score (nSPS) is 18.4. The number of nitrogens with one attached hydrogen (secondary N) is 2. The van der Waals surface area contributed by atoms with E-state index in [1.807, 2.05) is 20.8 Å². The molecule has 1 fully saturated rings. The summed E-state index contributed by atoms with van der Waals surface area (Å²) in [5.41, 5.74) is -0.277. The minimum Gasteiger partial charge on any atom is -0.481 e. The van der Waals surface area contributed by atoms with Gasteiger partial charge in [-0.05, 0) is 24.2 Å². The topological polar surface area (TPSA) is 78.4 Å². The minimum absolute atomic E-state index is 0.0552. The number of amides is 2. The summed E-state index contributed by atoms with van der Waals surface area (Å²) in [4.78, 5) is 22.8. The largest absolute Gasteiger partial charge is 0.481 e. The molecule has 0 aromatic carbocycles. The maximum absolute atomic E-state index is 11.9.